The summed E-state index contributed by atoms with van der Waals surface area (Å²) in [6, 6.07) is 11.4. The molecule has 0 spiro atoms. The van der Waals surface area contributed by atoms with Gasteiger partial charge in [-0.1, -0.05) is 6.07 Å². The number of nitrogens with zero attached hydrogens (tertiary/aromatic N) is 4. The Morgan fingerprint density at radius 1 is 1.11 bits per heavy atom. The molecular formula is C25H27N7O2S. The van der Waals surface area contributed by atoms with Gasteiger partial charge in [0.15, 0.2) is 5.69 Å². The molecule has 1 saturated heterocycles. The van der Waals surface area contributed by atoms with Crippen LogP contribution in [-0.4, -0.2) is 60.4 Å². The average Bonchev–Trinajstić information content (AvgIpc) is 3.49. The van der Waals surface area contributed by atoms with Crippen molar-refractivity contribution in [2.75, 3.05) is 29.4 Å². The molecule has 1 fully saturated rings. The van der Waals surface area contributed by atoms with Crippen LogP contribution in [0, 0.1) is 0 Å². The second-order valence-corrected chi connectivity index (χ2v) is 11.1. The zero-order chi connectivity index (χ0) is 24.4. The van der Waals surface area contributed by atoms with Gasteiger partial charge in [0.1, 0.15) is 5.82 Å². The quantitative estimate of drug-likeness (QED) is 0.342. The summed E-state index contributed by atoms with van der Waals surface area (Å²) in [5.74, 6) is 3.61. The monoisotopic (exact) mass is 489 g/mol. The molecule has 35 heavy (non-hydrogen) atoms. The Hall–Kier alpha value is -3.76. The van der Waals surface area contributed by atoms with Crippen LogP contribution in [0.5, 0.6) is 0 Å². The highest BCUT2D eigenvalue weighted by Gasteiger charge is 2.16. The number of aromatic nitrogens is 4. The summed E-state index contributed by atoms with van der Waals surface area (Å²) in [7, 11) is -2.43. The molecule has 4 heterocycles. The van der Waals surface area contributed by atoms with Crippen LogP contribution in [0.15, 0.2) is 55.0 Å². The number of anilines is 2. The van der Waals surface area contributed by atoms with Gasteiger partial charge in [-0.15, -0.1) is 0 Å². The van der Waals surface area contributed by atoms with E-state index in [1.165, 1.54) is 30.9 Å². The highest BCUT2D eigenvalue weighted by molar-refractivity contribution is 8.00. The second-order valence-electron chi connectivity index (χ2n) is 8.89. The van der Waals surface area contributed by atoms with Crippen molar-refractivity contribution >= 4 is 43.9 Å². The number of aromatic amines is 1. The molecule has 9 nitrogen and oxygen atoms in total. The first kappa shape index (κ1) is 23.0. The van der Waals surface area contributed by atoms with Crippen LogP contribution in [0.25, 0.3) is 22.0 Å². The fourth-order valence-corrected chi connectivity index (χ4v) is 4.80. The Morgan fingerprint density at radius 3 is 2.69 bits per heavy atom. The minimum atomic E-state index is -2.43. The third kappa shape index (κ3) is 5.50. The predicted molar refractivity (Wildman–Crippen MR) is 141 cm³/mol. The Labute approximate surface area is 204 Å². The SMILES string of the molecule is C=S(C)(=O)Nc1ccc(NC(=O)c2n[nH]c3ccc(-c4cncc(CN5CCCC5)c4)cc23)cn1. The Balaban J connectivity index is 1.36. The molecule has 1 aromatic carbocycles. The van der Waals surface area contributed by atoms with E-state index in [4.69, 9.17) is 0 Å². The summed E-state index contributed by atoms with van der Waals surface area (Å²) < 4.78 is 14.5. The number of H-pyrrole nitrogens is 1. The van der Waals surface area contributed by atoms with Crippen LogP contribution in [0.1, 0.15) is 28.9 Å². The Bertz CT molecular complexity index is 1470. The lowest BCUT2D eigenvalue weighted by atomic mass is 10.0. The van der Waals surface area contributed by atoms with Crippen LogP contribution >= 0.6 is 0 Å². The Morgan fingerprint density at radius 2 is 1.94 bits per heavy atom. The Kier molecular flexibility index (Phi) is 6.23. The van der Waals surface area contributed by atoms with Crippen LogP contribution in [0.3, 0.4) is 0 Å². The van der Waals surface area contributed by atoms with Crippen LogP contribution in [-0.2, 0) is 16.3 Å². The van der Waals surface area contributed by atoms with Crippen LogP contribution in [0.2, 0.25) is 0 Å². The van der Waals surface area contributed by atoms with E-state index in [1.807, 2.05) is 30.6 Å². The lowest BCUT2D eigenvalue weighted by Crippen LogP contribution is -2.18. The number of nitrogens with one attached hydrogen (secondary N) is 3. The molecule has 0 radical (unpaired) electrons. The lowest BCUT2D eigenvalue weighted by Gasteiger charge is -2.14. The number of pyridine rings is 2. The normalized spacial score (nSPS) is 15.7. The molecule has 180 valence electrons. The van der Waals surface area contributed by atoms with Gasteiger partial charge < -0.3 is 5.32 Å². The molecular weight excluding hydrogens is 462 g/mol. The number of carbonyl (C=O) groups is 1. The number of carbonyl (C=O) groups excluding carboxylic acids is 1. The molecule has 1 amide bonds. The third-order valence-corrected chi connectivity index (χ3v) is 6.49. The maximum Gasteiger partial charge on any atom is 0.276 e. The highest BCUT2D eigenvalue weighted by atomic mass is 32.2. The van der Waals surface area contributed by atoms with Gasteiger partial charge in [-0.05, 0) is 73.3 Å². The molecule has 5 rings (SSSR count). The highest BCUT2D eigenvalue weighted by Crippen LogP contribution is 2.27. The predicted octanol–water partition coefficient (Wildman–Crippen LogP) is 3.54. The molecule has 1 aliphatic rings. The van der Waals surface area contributed by atoms with Crippen LogP contribution < -0.4 is 10.0 Å². The molecule has 4 aromatic rings. The molecule has 0 aliphatic carbocycles. The van der Waals surface area contributed by atoms with Crippen molar-refractivity contribution in [2.24, 2.45) is 0 Å². The largest absolute Gasteiger partial charge is 0.319 e. The fourth-order valence-electron chi connectivity index (χ4n) is 4.24. The van der Waals surface area contributed by atoms with E-state index in [1.54, 1.807) is 12.1 Å². The third-order valence-electron chi connectivity index (χ3n) is 5.85. The average molecular weight is 490 g/mol. The van der Waals surface area contributed by atoms with Gasteiger partial charge in [0, 0.05) is 45.9 Å². The van der Waals surface area contributed by atoms with Gasteiger partial charge >= 0.3 is 0 Å². The van der Waals surface area contributed by atoms with Crippen molar-refractivity contribution in [3.05, 3.63) is 66.2 Å². The van der Waals surface area contributed by atoms with E-state index in [0.717, 1.165) is 41.7 Å². The number of hydrogen-bond donors (Lipinski definition) is 3. The number of likely N-dealkylation sites (tertiary alicyclic amines) is 1. The van der Waals surface area contributed by atoms with Crippen molar-refractivity contribution in [2.45, 2.75) is 19.4 Å². The minimum absolute atomic E-state index is 0.291. The molecule has 3 aromatic heterocycles. The van der Waals surface area contributed by atoms with E-state index in [-0.39, 0.29) is 5.91 Å². The number of amides is 1. The summed E-state index contributed by atoms with van der Waals surface area (Å²) >= 11 is 0. The number of fused-ring (bicyclic) bond motifs is 1. The maximum atomic E-state index is 13.0. The smallest absolute Gasteiger partial charge is 0.276 e. The molecule has 0 saturated carbocycles. The molecule has 3 N–H and O–H groups in total. The fraction of sp³-hybridized carbons (Fsp3) is 0.240. The summed E-state index contributed by atoms with van der Waals surface area (Å²) in [5.41, 5.74) is 4.71. The zero-order valence-corrected chi connectivity index (χ0v) is 20.3. The first-order valence-corrected chi connectivity index (χ1v) is 13.5. The van der Waals surface area contributed by atoms with E-state index in [2.05, 4.69) is 47.0 Å². The van der Waals surface area contributed by atoms with Crippen molar-refractivity contribution in [1.29, 1.82) is 0 Å². The molecule has 1 aliphatic heterocycles. The van der Waals surface area contributed by atoms with Crippen LogP contribution in [0.4, 0.5) is 11.5 Å². The number of rotatable bonds is 7. The minimum Gasteiger partial charge on any atom is -0.319 e. The topological polar surface area (TPSA) is 116 Å². The van der Waals surface area contributed by atoms with Gasteiger partial charge in [-0.25, -0.2) is 9.19 Å². The first-order chi connectivity index (χ1) is 16.8. The standard InChI is InChI=1S/C25H27N7O2S/c1-35(2,34)31-23-8-6-20(15-27-23)28-25(33)24-21-12-18(5-7-22(21)29-30-24)19-11-17(13-26-14-19)16-32-9-3-4-10-32/h5-8,11-15H,1,3-4,9-10,16H2,2H3,(H,28,33)(H,29,30)(H,27,31,34). The van der Waals surface area contributed by atoms with Crippen molar-refractivity contribution in [3.8, 4) is 11.1 Å². The van der Waals surface area contributed by atoms with Crippen molar-refractivity contribution < 1.29 is 9.00 Å². The molecule has 1 atom stereocenters. The van der Waals surface area contributed by atoms with Gasteiger partial charge in [-0.2, -0.15) is 5.10 Å². The summed E-state index contributed by atoms with van der Waals surface area (Å²) in [4.78, 5) is 24.1. The van der Waals surface area contributed by atoms with E-state index in [0.29, 0.717) is 17.2 Å². The summed E-state index contributed by atoms with van der Waals surface area (Å²) in [6.45, 7) is 3.16. The van der Waals surface area contributed by atoms with Crippen molar-refractivity contribution in [1.82, 2.24) is 25.1 Å². The second kappa shape index (κ2) is 9.47. The maximum absolute atomic E-state index is 13.0. The van der Waals surface area contributed by atoms with Gasteiger partial charge in [-0.3, -0.25) is 24.5 Å². The number of benzene rings is 1. The van der Waals surface area contributed by atoms with E-state index >= 15 is 0 Å². The summed E-state index contributed by atoms with van der Waals surface area (Å²) in [5, 5.41) is 10.7. The van der Waals surface area contributed by atoms with Gasteiger partial charge in [0.2, 0.25) is 0 Å². The first-order valence-electron chi connectivity index (χ1n) is 11.4. The van der Waals surface area contributed by atoms with Gasteiger partial charge in [0.05, 0.1) is 17.4 Å². The molecule has 10 heteroatoms. The van der Waals surface area contributed by atoms with E-state index in [9.17, 15) is 9.00 Å². The molecule has 0 bridgehead atoms. The summed E-state index contributed by atoms with van der Waals surface area (Å²) in [6.07, 6.45) is 9.24. The van der Waals surface area contributed by atoms with Crippen molar-refractivity contribution in [3.63, 3.8) is 0 Å². The number of hydrogen-bond acceptors (Lipinski definition) is 6. The van der Waals surface area contributed by atoms with E-state index < -0.39 is 9.71 Å². The zero-order valence-electron chi connectivity index (χ0n) is 19.5. The van der Waals surface area contributed by atoms with Gasteiger partial charge in [0.25, 0.3) is 5.91 Å². The molecule has 1 unspecified atom stereocenters. The lowest BCUT2D eigenvalue weighted by molar-refractivity contribution is 0.102.